The van der Waals surface area contributed by atoms with Crippen molar-refractivity contribution in [3.05, 3.63) is 11.5 Å². The minimum absolute atomic E-state index is 0.0893. The molecule has 0 aliphatic carbocycles. The van der Waals surface area contributed by atoms with E-state index in [1.165, 1.54) is 57.8 Å². The first-order valence-corrected chi connectivity index (χ1v) is 12.7. The van der Waals surface area contributed by atoms with Crippen LogP contribution < -0.4 is 0 Å². The zero-order chi connectivity index (χ0) is 23.8. The fourth-order valence-corrected chi connectivity index (χ4v) is 3.93. The Kier molecular flexibility index (Phi) is 15.2. The minimum atomic E-state index is -2.75. The van der Waals surface area contributed by atoms with Crippen molar-refractivity contribution < 1.29 is 42.2 Å². The molecule has 0 radical (unpaired) electrons. The number of ether oxygens (including phenoxy) is 2. The van der Waals surface area contributed by atoms with Crippen LogP contribution in [0.4, 0.5) is 0 Å². The number of carbonyl (C=O) groups is 2. The summed E-state index contributed by atoms with van der Waals surface area (Å²) in [4.78, 5) is 23.7. The second kappa shape index (κ2) is 17.0. The van der Waals surface area contributed by atoms with E-state index < -0.39 is 53.6 Å². The van der Waals surface area contributed by atoms with Crippen LogP contribution in [0.3, 0.4) is 0 Å². The Morgan fingerprint density at radius 2 is 1.50 bits per heavy atom. The lowest BCUT2D eigenvalue weighted by atomic mass is 10.0. The predicted molar refractivity (Wildman–Crippen MR) is 119 cm³/mol. The van der Waals surface area contributed by atoms with E-state index in [1.807, 2.05) is 0 Å². The molecule has 0 saturated heterocycles. The van der Waals surface area contributed by atoms with Gasteiger partial charge in [-0.15, -0.1) is 0 Å². The van der Waals surface area contributed by atoms with Crippen molar-refractivity contribution in [3.8, 4) is 0 Å². The van der Waals surface area contributed by atoms with Crippen LogP contribution in [-0.2, 0) is 34.6 Å². The van der Waals surface area contributed by atoms with Gasteiger partial charge in [0, 0.05) is 6.42 Å². The van der Waals surface area contributed by atoms with Gasteiger partial charge < -0.3 is 19.7 Å². The van der Waals surface area contributed by atoms with Gasteiger partial charge >= 0.3 is 23.3 Å². The van der Waals surface area contributed by atoms with Crippen LogP contribution in [0.15, 0.2) is 11.5 Å². The van der Waals surface area contributed by atoms with Crippen molar-refractivity contribution in [2.45, 2.75) is 109 Å². The number of aliphatic hydroxyl groups is 2. The monoisotopic (exact) mass is 478 g/mol. The van der Waals surface area contributed by atoms with Crippen molar-refractivity contribution in [3.63, 3.8) is 0 Å². The quantitative estimate of drug-likeness (QED) is 0.141. The lowest BCUT2D eigenvalue weighted by Crippen LogP contribution is -2.36. The fraction of sp³-hybridized carbons (Fsp3) is 0.818. The van der Waals surface area contributed by atoms with E-state index in [1.54, 1.807) is 0 Å². The van der Waals surface area contributed by atoms with E-state index in [9.17, 15) is 24.0 Å². The molecule has 9 nitrogen and oxygen atoms in total. The average Bonchev–Trinajstić information content (AvgIpc) is 3.03. The maximum Gasteiger partial charge on any atom is 0.378 e. The Hall–Kier alpha value is -1.49. The summed E-state index contributed by atoms with van der Waals surface area (Å²) in [7, 11) is 0. The van der Waals surface area contributed by atoms with E-state index >= 15 is 0 Å². The summed E-state index contributed by atoms with van der Waals surface area (Å²) in [5.41, 5.74) is 0. The van der Waals surface area contributed by atoms with Gasteiger partial charge in [0.15, 0.2) is 6.10 Å². The molecule has 0 aromatic heterocycles. The van der Waals surface area contributed by atoms with Gasteiger partial charge in [-0.2, -0.15) is 4.21 Å². The molecule has 0 fully saturated rings. The van der Waals surface area contributed by atoms with Crippen molar-refractivity contribution in [2.75, 3.05) is 6.61 Å². The van der Waals surface area contributed by atoms with Gasteiger partial charge in [0.05, 0.1) is 6.61 Å². The molecule has 0 aromatic rings. The summed E-state index contributed by atoms with van der Waals surface area (Å²) in [6.45, 7) is 1.43. The summed E-state index contributed by atoms with van der Waals surface area (Å²) in [5.74, 6) is -3.26. The molecule has 1 heterocycles. The maximum atomic E-state index is 12.1. The van der Waals surface area contributed by atoms with Gasteiger partial charge in [-0.05, 0) is 6.42 Å². The predicted octanol–water partition coefficient (Wildman–Crippen LogP) is 4.22. The molecule has 1 aliphatic heterocycles. The Labute approximate surface area is 193 Å². The molecule has 0 amide bonds. The van der Waals surface area contributed by atoms with Gasteiger partial charge in [-0.25, -0.2) is 4.79 Å². The molecule has 1 unspecified atom stereocenters. The lowest BCUT2D eigenvalue weighted by molar-refractivity contribution is -0.150. The molecule has 186 valence electrons. The number of hydrogen-bond donors (Lipinski definition) is 3. The molecular formula is C22H38O9S. The van der Waals surface area contributed by atoms with Crippen LogP contribution in [0.25, 0.3) is 0 Å². The second-order valence-corrected chi connectivity index (χ2v) is 8.67. The highest BCUT2D eigenvalue weighted by atomic mass is 32.2. The van der Waals surface area contributed by atoms with Crippen LogP contribution in [0.5, 0.6) is 0 Å². The first-order valence-electron chi connectivity index (χ1n) is 11.6. The number of esters is 2. The third kappa shape index (κ3) is 11.4. The highest BCUT2D eigenvalue weighted by molar-refractivity contribution is 7.74. The first kappa shape index (κ1) is 28.5. The van der Waals surface area contributed by atoms with Gasteiger partial charge in [0.2, 0.25) is 11.5 Å². The molecule has 3 N–H and O–H groups in total. The molecule has 1 aliphatic rings. The number of rotatable bonds is 19. The smallest absolute Gasteiger partial charge is 0.378 e. The van der Waals surface area contributed by atoms with Crippen molar-refractivity contribution in [1.82, 2.24) is 0 Å². The van der Waals surface area contributed by atoms with E-state index in [-0.39, 0.29) is 6.42 Å². The fourth-order valence-electron chi connectivity index (χ4n) is 3.55. The number of unbranched alkanes of at least 4 members (excludes halogenated alkanes) is 12. The SMILES string of the molecule is CCCCCCCCCCCCCCCC(=O)OC1=C(O)C(=O)O[C@@H]1[C@H](CO)OS(=O)O. The molecule has 0 aromatic carbocycles. The number of hydrogen-bond acceptors (Lipinski definition) is 8. The number of cyclic esters (lactones) is 1. The summed E-state index contributed by atoms with van der Waals surface area (Å²) in [5, 5.41) is 19.1. The highest BCUT2D eigenvalue weighted by Crippen LogP contribution is 2.27. The van der Waals surface area contributed by atoms with Crippen molar-refractivity contribution >= 4 is 23.3 Å². The van der Waals surface area contributed by atoms with Crippen LogP contribution in [0.1, 0.15) is 96.8 Å². The molecule has 32 heavy (non-hydrogen) atoms. The van der Waals surface area contributed by atoms with E-state index in [4.69, 9.17) is 14.0 Å². The zero-order valence-electron chi connectivity index (χ0n) is 19.0. The Morgan fingerprint density at radius 1 is 1.00 bits per heavy atom. The summed E-state index contributed by atoms with van der Waals surface area (Å²) >= 11 is -2.75. The van der Waals surface area contributed by atoms with Crippen LogP contribution in [0, 0.1) is 0 Å². The molecule has 0 saturated carbocycles. The number of carbonyl (C=O) groups excluding carboxylic acids is 2. The normalized spacial score (nSPS) is 18.0. The molecule has 0 bridgehead atoms. The van der Waals surface area contributed by atoms with Crippen molar-refractivity contribution in [2.24, 2.45) is 0 Å². The van der Waals surface area contributed by atoms with Gasteiger partial charge in [-0.3, -0.25) is 13.5 Å². The van der Waals surface area contributed by atoms with Gasteiger partial charge in [-0.1, -0.05) is 84.0 Å². The van der Waals surface area contributed by atoms with E-state index in [2.05, 4.69) is 11.1 Å². The van der Waals surface area contributed by atoms with Gasteiger partial charge in [0.1, 0.15) is 6.10 Å². The summed E-state index contributed by atoms with van der Waals surface area (Å²) < 4.78 is 34.0. The van der Waals surface area contributed by atoms with Crippen LogP contribution in [0.2, 0.25) is 0 Å². The molecule has 0 spiro atoms. The lowest BCUT2D eigenvalue weighted by Gasteiger charge is -2.20. The standard InChI is InChI=1S/C22H38O9S/c1-2-3-4-5-6-7-8-9-10-11-12-13-14-15-18(24)29-21-19(25)22(26)30-20(21)17(16-23)31-32(27)28/h17,20,23,25H,2-16H2,1H3,(H,27,28)/t17-,20+/m0/s1. The van der Waals surface area contributed by atoms with E-state index in [0.717, 1.165) is 19.3 Å². The molecule has 10 heteroatoms. The minimum Gasteiger partial charge on any atom is -0.499 e. The topological polar surface area (TPSA) is 140 Å². The third-order valence-electron chi connectivity index (χ3n) is 5.35. The summed E-state index contributed by atoms with van der Waals surface area (Å²) in [6, 6.07) is 0. The molecule has 3 atom stereocenters. The van der Waals surface area contributed by atoms with Gasteiger partial charge in [0.25, 0.3) is 0 Å². The largest absolute Gasteiger partial charge is 0.499 e. The van der Waals surface area contributed by atoms with Crippen molar-refractivity contribution in [1.29, 1.82) is 0 Å². The molecule has 1 rings (SSSR count). The zero-order valence-corrected chi connectivity index (χ0v) is 19.8. The number of aliphatic hydroxyl groups excluding tert-OH is 2. The third-order valence-corrected chi connectivity index (χ3v) is 5.76. The maximum absolute atomic E-state index is 12.1. The Morgan fingerprint density at radius 3 is 1.97 bits per heavy atom. The second-order valence-electron chi connectivity index (χ2n) is 8.04. The average molecular weight is 479 g/mol. The highest BCUT2D eigenvalue weighted by Gasteiger charge is 2.43. The first-order chi connectivity index (χ1) is 15.4. The molecular weight excluding hydrogens is 440 g/mol. The Balaban J connectivity index is 2.20. The van der Waals surface area contributed by atoms with Crippen LogP contribution in [-0.4, -0.2) is 49.7 Å². The van der Waals surface area contributed by atoms with Crippen LogP contribution >= 0.6 is 0 Å². The van der Waals surface area contributed by atoms with E-state index in [0.29, 0.717) is 6.42 Å². The Bertz CT molecular complexity index is 621. The summed E-state index contributed by atoms with van der Waals surface area (Å²) in [6.07, 6.45) is 12.4.